The number of aliphatic hydroxyl groups excluding tert-OH is 1. The molecule has 3 unspecified atom stereocenters. The molecule has 10 nitrogen and oxygen atoms in total. The molecule has 1 N–H and O–H groups in total. The molecule has 2 heterocycles. The molecule has 3 rings (SSSR count). The Morgan fingerprint density at radius 2 is 1.85 bits per heavy atom. The molecular formula is C24H34N2O8. The number of esters is 2. The highest BCUT2D eigenvalue weighted by Crippen LogP contribution is 2.27. The van der Waals surface area contributed by atoms with Gasteiger partial charge in [-0.1, -0.05) is 12.1 Å². The van der Waals surface area contributed by atoms with Crippen LogP contribution in [0.15, 0.2) is 24.3 Å². The minimum atomic E-state index is -1.43. The number of hydrogen-bond acceptors (Lipinski definition) is 9. The zero-order valence-corrected chi connectivity index (χ0v) is 20.2. The number of nitrogens with zero attached hydrogens (tertiary/aromatic N) is 2. The number of ether oxygens (including phenoxy) is 4. The maximum Gasteiger partial charge on any atom is 0.350 e. The molecular weight excluding hydrogens is 444 g/mol. The van der Waals surface area contributed by atoms with Crippen LogP contribution in [0.3, 0.4) is 0 Å². The molecule has 1 aromatic rings. The van der Waals surface area contributed by atoms with Crippen molar-refractivity contribution in [2.24, 2.45) is 0 Å². The van der Waals surface area contributed by atoms with Crippen LogP contribution in [0.25, 0.3) is 0 Å². The van der Waals surface area contributed by atoms with Crippen LogP contribution in [0.5, 0.6) is 0 Å². The largest absolute Gasteiger partial charge is 0.457 e. The van der Waals surface area contributed by atoms with E-state index in [1.807, 2.05) is 24.3 Å². The second kappa shape index (κ2) is 11.2. The summed E-state index contributed by atoms with van der Waals surface area (Å²) in [6.07, 6.45) is -3.63. The van der Waals surface area contributed by atoms with E-state index in [2.05, 4.69) is 0 Å². The Bertz CT molecular complexity index is 878. The van der Waals surface area contributed by atoms with Gasteiger partial charge in [-0.3, -0.25) is 9.59 Å². The third-order valence-electron chi connectivity index (χ3n) is 5.45. The van der Waals surface area contributed by atoms with E-state index in [1.54, 1.807) is 30.6 Å². The Balaban J connectivity index is 1.75. The van der Waals surface area contributed by atoms with E-state index in [1.165, 1.54) is 6.92 Å². The van der Waals surface area contributed by atoms with Gasteiger partial charge in [0.05, 0.1) is 26.2 Å². The summed E-state index contributed by atoms with van der Waals surface area (Å²) in [5.74, 6) is -1.47. The summed E-state index contributed by atoms with van der Waals surface area (Å²) in [6.45, 7) is 9.04. The fourth-order valence-electron chi connectivity index (χ4n) is 3.94. The molecule has 188 valence electrons. The molecule has 0 aromatic heterocycles. The first-order chi connectivity index (χ1) is 16.0. The van der Waals surface area contributed by atoms with Crippen LogP contribution in [0.4, 0.5) is 5.69 Å². The minimum Gasteiger partial charge on any atom is -0.457 e. The van der Waals surface area contributed by atoms with Gasteiger partial charge in [0.25, 0.3) is 0 Å². The molecule has 10 heteroatoms. The number of rotatable bonds is 6. The van der Waals surface area contributed by atoms with Gasteiger partial charge in [0.2, 0.25) is 12.0 Å². The molecule has 0 radical (unpaired) electrons. The van der Waals surface area contributed by atoms with Crippen molar-refractivity contribution < 1.29 is 38.4 Å². The first-order valence-corrected chi connectivity index (χ1v) is 11.5. The highest BCUT2D eigenvalue weighted by molar-refractivity contribution is 5.80. The van der Waals surface area contributed by atoms with Crippen LogP contribution >= 0.6 is 0 Å². The Morgan fingerprint density at radius 1 is 1.15 bits per heavy atom. The number of carbonyl (C=O) groups excluding carboxylic acids is 3. The van der Waals surface area contributed by atoms with E-state index in [4.69, 9.17) is 18.9 Å². The van der Waals surface area contributed by atoms with E-state index >= 15 is 0 Å². The summed E-state index contributed by atoms with van der Waals surface area (Å²) in [5.41, 5.74) is 0.655. The van der Waals surface area contributed by atoms with Crippen LogP contribution in [-0.4, -0.2) is 91.3 Å². The van der Waals surface area contributed by atoms with E-state index in [9.17, 15) is 19.5 Å². The molecule has 3 atom stereocenters. The van der Waals surface area contributed by atoms with Crippen molar-refractivity contribution in [3.05, 3.63) is 29.8 Å². The Kier molecular flexibility index (Phi) is 8.51. The lowest BCUT2D eigenvalue weighted by molar-refractivity contribution is -0.195. The van der Waals surface area contributed by atoms with E-state index < -0.39 is 36.0 Å². The quantitative estimate of drug-likeness (QED) is 0.595. The number of amides is 1. The van der Waals surface area contributed by atoms with Gasteiger partial charge in [0.1, 0.15) is 11.7 Å². The third kappa shape index (κ3) is 6.91. The Morgan fingerprint density at radius 3 is 2.50 bits per heavy atom. The van der Waals surface area contributed by atoms with Gasteiger partial charge >= 0.3 is 11.9 Å². The fourth-order valence-corrected chi connectivity index (χ4v) is 3.94. The average molecular weight is 479 g/mol. The molecule has 0 saturated carbocycles. The minimum absolute atomic E-state index is 0.0145. The zero-order chi connectivity index (χ0) is 24.9. The monoisotopic (exact) mass is 478 g/mol. The summed E-state index contributed by atoms with van der Waals surface area (Å²) in [6, 6.07) is 7.31. The molecule has 0 spiro atoms. The lowest BCUT2D eigenvalue weighted by Gasteiger charge is -2.41. The van der Waals surface area contributed by atoms with Crippen molar-refractivity contribution >= 4 is 23.5 Å². The van der Waals surface area contributed by atoms with Gasteiger partial charge in [-0.2, -0.15) is 0 Å². The summed E-state index contributed by atoms with van der Waals surface area (Å²) >= 11 is 0. The van der Waals surface area contributed by atoms with Crippen LogP contribution in [0, 0.1) is 0 Å². The van der Waals surface area contributed by atoms with Gasteiger partial charge < -0.3 is 33.9 Å². The molecule has 0 aliphatic carbocycles. The van der Waals surface area contributed by atoms with Crippen molar-refractivity contribution in [2.75, 3.05) is 44.4 Å². The van der Waals surface area contributed by atoms with Gasteiger partial charge in [-0.05, 0) is 38.5 Å². The van der Waals surface area contributed by atoms with Gasteiger partial charge in [0.15, 0.2) is 6.23 Å². The van der Waals surface area contributed by atoms with E-state index in [0.29, 0.717) is 38.5 Å². The maximum absolute atomic E-state index is 12.7. The molecule has 1 aromatic carbocycles. The van der Waals surface area contributed by atoms with Gasteiger partial charge in [-0.25, -0.2) is 4.79 Å². The lowest BCUT2D eigenvalue weighted by Crippen LogP contribution is -2.59. The van der Waals surface area contributed by atoms with Crippen molar-refractivity contribution in [3.63, 3.8) is 0 Å². The van der Waals surface area contributed by atoms with E-state index in [0.717, 1.165) is 5.56 Å². The predicted octanol–water partition coefficient (Wildman–Crippen LogP) is 0.885. The number of morpholine rings is 2. The fraction of sp³-hybridized carbons (Fsp3) is 0.625. The molecule has 1 amide bonds. The van der Waals surface area contributed by atoms with Gasteiger partial charge in [0, 0.05) is 32.2 Å². The van der Waals surface area contributed by atoms with Crippen LogP contribution in [0.1, 0.15) is 33.3 Å². The normalized spacial score (nSPS) is 22.1. The molecule has 0 bridgehead atoms. The standard InChI is InChI=1S/C24H34N2O8/c1-16(27)33-21(23(30)34-24(2,3)4)20-22(29)26(10-13-32-20)18-7-5-6-17(14-18)15-19(28)25-8-11-31-12-9-25/h5-7,14,20-22,29H,8-13,15H2,1-4H3. The van der Waals surface area contributed by atoms with Crippen molar-refractivity contribution in [1.29, 1.82) is 0 Å². The first kappa shape index (κ1) is 25.9. The predicted molar refractivity (Wildman–Crippen MR) is 122 cm³/mol. The summed E-state index contributed by atoms with van der Waals surface area (Å²) in [5, 5.41) is 11.1. The molecule has 2 aliphatic rings. The highest BCUT2D eigenvalue weighted by atomic mass is 16.6. The number of anilines is 1. The molecule has 2 fully saturated rings. The topological polar surface area (TPSA) is 115 Å². The number of aliphatic hydroxyl groups is 1. The second-order valence-corrected chi connectivity index (χ2v) is 9.35. The van der Waals surface area contributed by atoms with Crippen LogP contribution in [-0.2, 0) is 39.8 Å². The average Bonchev–Trinajstić information content (AvgIpc) is 2.77. The molecule has 34 heavy (non-hydrogen) atoms. The van der Waals surface area contributed by atoms with Crippen LogP contribution < -0.4 is 4.90 Å². The smallest absolute Gasteiger partial charge is 0.350 e. The SMILES string of the molecule is CC(=O)OC(C(=O)OC(C)(C)C)C1OCCN(c2cccc(CC(=O)N3CCOCC3)c2)C1O. The van der Waals surface area contributed by atoms with Crippen molar-refractivity contribution in [2.45, 2.75) is 58.2 Å². The summed E-state index contributed by atoms with van der Waals surface area (Å²) in [7, 11) is 0. The molecule has 2 aliphatic heterocycles. The molecule has 2 saturated heterocycles. The highest BCUT2D eigenvalue weighted by Gasteiger charge is 2.44. The lowest BCUT2D eigenvalue weighted by atomic mass is 10.1. The van der Waals surface area contributed by atoms with Crippen LogP contribution in [0.2, 0.25) is 0 Å². The summed E-state index contributed by atoms with van der Waals surface area (Å²) in [4.78, 5) is 40.5. The van der Waals surface area contributed by atoms with Crippen molar-refractivity contribution in [3.8, 4) is 0 Å². The number of hydrogen-bond donors (Lipinski definition) is 1. The number of carbonyl (C=O) groups is 3. The Hall–Kier alpha value is -2.69. The zero-order valence-electron chi connectivity index (χ0n) is 20.2. The Labute approximate surface area is 199 Å². The maximum atomic E-state index is 12.7. The summed E-state index contributed by atoms with van der Waals surface area (Å²) < 4.78 is 21.6. The first-order valence-electron chi connectivity index (χ1n) is 11.5. The van der Waals surface area contributed by atoms with Crippen molar-refractivity contribution in [1.82, 2.24) is 4.90 Å². The van der Waals surface area contributed by atoms with Gasteiger partial charge in [-0.15, -0.1) is 0 Å². The third-order valence-corrected chi connectivity index (χ3v) is 5.45. The number of benzene rings is 1. The second-order valence-electron chi connectivity index (χ2n) is 9.35. The van der Waals surface area contributed by atoms with E-state index in [-0.39, 0.29) is 18.9 Å².